The van der Waals surface area contributed by atoms with Gasteiger partial charge in [0.15, 0.2) is 0 Å². The highest BCUT2D eigenvalue weighted by atomic mass is 35.5. The van der Waals surface area contributed by atoms with E-state index >= 15 is 0 Å². The maximum Gasteiger partial charge on any atom is 0.288 e. The van der Waals surface area contributed by atoms with Crippen LogP contribution in [0.15, 0.2) is 18.2 Å². The van der Waals surface area contributed by atoms with Crippen molar-refractivity contribution < 1.29 is 14.5 Å². The predicted molar refractivity (Wildman–Crippen MR) is 59.6 cm³/mol. The number of benzene rings is 1. The van der Waals surface area contributed by atoms with Crippen LogP contribution in [0.4, 0.5) is 5.69 Å². The lowest BCUT2D eigenvalue weighted by Crippen LogP contribution is -2.33. The first-order chi connectivity index (χ1) is 7.93. The van der Waals surface area contributed by atoms with Crippen molar-refractivity contribution in [3.8, 4) is 0 Å². The van der Waals surface area contributed by atoms with E-state index in [9.17, 15) is 19.7 Å². The Bertz CT molecular complexity index is 489. The minimum atomic E-state index is -0.722. The van der Waals surface area contributed by atoms with Gasteiger partial charge in [0.05, 0.1) is 17.0 Å². The predicted octanol–water partition coefficient (Wildman–Crippen LogP) is 0.463. The second-order valence-electron chi connectivity index (χ2n) is 3.04. The van der Waals surface area contributed by atoms with Crippen LogP contribution in [0.5, 0.6) is 0 Å². The zero-order chi connectivity index (χ0) is 13.0. The van der Waals surface area contributed by atoms with Crippen LogP contribution in [0.2, 0.25) is 5.02 Å². The molecule has 0 spiro atoms. The van der Waals surface area contributed by atoms with Gasteiger partial charge in [0.1, 0.15) is 5.02 Å². The van der Waals surface area contributed by atoms with Crippen molar-refractivity contribution in [2.45, 2.75) is 0 Å². The molecule has 7 nitrogen and oxygen atoms in total. The zero-order valence-corrected chi connectivity index (χ0v) is 9.23. The van der Waals surface area contributed by atoms with Crippen LogP contribution in [0.3, 0.4) is 0 Å². The van der Waals surface area contributed by atoms with E-state index in [2.05, 4.69) is 5.32 Å². The molecule has 0 aliphatic heterocycles. The Kier molecular flexibility index (Phi) is 4.00. The van der Waals surface area contributed by atoms with E-state index in [1.54, 1.807) is 0 Å². The molecule has 1 aromatic carbocycles. The van der Waals surface area contributed by atoms with Gasteiger partial charge in [-0.25, -0.2) is 0 Å². The van der Waals surface area contributed by atoms with E-state index in [0.29, 0.717) is 0 Å². The number of halogens is 1. The lowest BCUT2D eigenvalue weighted by atomic mass is 10.2. The molecule has 0 atom stereocenters. The molecule has 0 aromatic heterocycles. The highest BCUT2D eigenvalue weighted by molar-refractivity contribution is 6.35. The summed E-state index contributed by atoms with van der Waals surface area (Å²) < 4.78 is 0. The summed E-state index contributed by atoms with van der Waals surface area (Å²) >= 11 is 5.70. The molecule has 0 unspecified atom stereocenters. The number of nitro groups is 1. The minimum Gasteiger partial charge on any atom is -0.368 e. The summed E-state index contributed by atoms with van der Waals surface area (Å²) in [4.78, 5) is 31.9. The second-order valence-corrected chi connectivity index (χ2v) is 3.42. The summed E-state index contributed by atoms with van der Waals surface area (Å²) in [6, 6.07) is 3.81. The van der Waals surface area contributed by atoms with Crippen LogP contribution in [0.25, 0.3) is 0 Å². The summed E-state index contributed by atoms with van der Waals surface area (Å²) in [6.07, 6.45) is 0. The summed E-state index contributed by atoms with van der Waals surface area (Å²) in [6.45, 7) is -0.363. The van der Waals surface area contributed by atoms with E-state index in [1.165, 1.54) is 18.2 Å². The van der Waals surface area contributed by atoms with Gasteiger partial charge >= 0.3 is 0 Å². The maximum atomic E-state index is 11.5. The van der Waals surface area contributed by atoms with E-state index in [-0.39, 0.29) is 22.8 Å². The number of nitrogens with two attached hydrogens (primary N) is 1. The molecule has 0 fully saturated rings. The summed E-state index contributed by atoms with van der Waals surface area (Å²) in [5.41, 5.74) is 4.38. The van der Waals surface area contributed by atoms with Crippen LogP contribution in [0, 0.1) is 10.1 Å². The van der Waals surface area contributed by atoms with Gasteiger partial charge in [0.2, 0.25) is 5.91 Å². The Morgan fingerprint density at radius 3 is 2.65 bits per heavy atom. The summed E-state index contributed by atoms with van der Waals surface area (Å²) in [5.74, 6) is -1.42. The highest BCUT2D eigenvalue weighted by Crippen LogP contribution is 2.27. The normalized spacial score (nSPS) is 9.71. The van der Waals surface area contributed by atoms with Gasteiger partial charge in [0, 0.05) is 6.07 Å². The number of carbonyl (C=O) groups excluding carboxylic acids is 2. The number of nitrogens with zero attached hydrogens (tertiary/aromatic N) is 1. The number of primary amides is 1. The molecule has 0 radical (unpaired) electrons. The van der Waals surface area contributed by atoms with Gasteiger partial charge in [-0.15, -0.1) is 0 Å². The molecule has 17 heavy (non-hydrogen) atoms. The molecular weight excluding hydrogens is 250 g/mol. The Balaban J connectivity index is 2.98. The molecule has 0 heterocycles. The quantitative estimate of drug-likeness (QED) is 0.602. The van der Waals surface area contributed by atoms with Gasteiger partial charge in [-0.2, -0.15) is 0 Å². The lowest BCUT2D eigenvalue weighted by Gasteiger charge is -2.04. The third-order valence-electron chi connectivity index (χ3n) is 1.84. The van der Waals surface area contributed by atoms with Gasteiger partial charge in [-0.3, -0.25) is 19.7 Å². The molecule has 8 heteroatoms. The van der Waals surface area contributed by atoms with Crippen molar-refractivity contribution >= 4 is 29.1 Å². The monoisotopic (exact) mass is 257 g/mol. The SMILES string of the molecule is NC(=O)CNC(=O)c1cccc([N+](=O)[O-])c1Cl. The Morgan fingerprint density at radius 1 is 1.47 bits per heavy atom. The average Bonchev–Trinajstić information content (AvgIpc) is 2.25. The second kappa shape index (κ2) is 5.26. The van der Waals surface area contributed by atoms with Gasteiger partial charge in [-0.05, 0) is 6.07 Å². The Labute approximate surface area is 101 Å². The molecule has 3 N–H and O–H groups in total. The third kappa shape index (κ3) is 3.15. The van der Waals surface area contributed by atoms with E-state index < -0.39 is 16.7 Å². The number of nitrogens with one attached hydrogen (secondary N) is 1. The van der Waals surface area contributed by atoms with Crippen LogP contribution in [0.1, 0.15) is 10.4 Å². The Hall–Kier alpha value is -2.15. The van der Waals surface area contributed by atoms with Crippen molar-refractivity contribution in [3.05, 3.63) is 38.9 Å². The summed E-state index contributed by atoms with van der Waals surface area (Å²) in [5, 5.41) is 12.5. The molecule has 0 saturated carbocycles. The maximum absolute atomic E-state index is 11.5. The van der Waals surface area contributed by atoms with Gasteiger partial charge < -0.3 is 11.1 Å². The van der Waals surface area contributed by atoms with Crippen molar-refractivity contribution in [2.75, 3.05) is 6.54 Å². The first kappa shape index (κ1) is 12.9. The molecule has 0 saturated heterocycles. The zero-order valence-electron chi connectivity index (χ0n) is 8.47. The van der Waals surface area contributed by atoms with Gasteiger partial charge in [0.25, 0.3) is 11.6 Å². The van der Waals surface area contributed by atoms with Crippen molar-refractivity contribution in [1.29, 1.82) is 0 Å². The Morgan fingerprint density at radius 2 is 2.12 bits per heavy atom. The van der Waals surface area contributed by atoms with Crippen molar-refractivity contribution in [2.24, 2.45) is 5.73 Å². The molecule has 1 aromatic rings. The number of nitro benzene ring substituents is 1. The van der Waals surface area contributed by atoms with Gasteiger partial charge in [-0.1, -0.05) is 17.7 Å². The number of hydrogen-bond acceptors (Lipinski definition) is 4. The minimum absolute atomic E-state index is 0.0814. The van der Waals surface area contributed by atoms with Crippen LogP contribution in [-0.4, -0.2) is 23.3 Å². The fourth-order valence-corrected chi connectivity index (χ4v) is 1.38. The number of carbonyl (C=O) groups is 2. The van der Waals surface area contributed by atoms with E-state index in [0.717, 1.165) is 0 Å². The topological polar surface area (TPSA) is 115 Å². The molecule has 0 aliphatic rings. The molecule has 2 amide bonds. The van der Waals surface area contributed by atoms with Crippen LogP contribution < -0.4 is 11.1 Å². The molecule has 1 rings (SSSR count). The molecule has 0 aliphatic carbocycles. The molecule has 90 valence electrons. The fraction of sp³-hybridized carbons (Fsp3) is 0.111. The standard InChI is InChI=1S/C9H8ClN3O4/c10-8-5(9(15)12-4-7(11)14)2-1-3-6(8)13(16)17/h1-3H,4H2,(H2,11,14)(H,12,15). The number of rotatable bonds is 4. The van der Waals surface area contributed by atoms with Crippen molar-refractivity contribution in [1.82, 2.24) is 5.32 Å². The highest BCUT2D eigenvalue weighted by Gasteiger charge is 2.19. The van der Waals surface area contributed by atoms with E-state index in [1.807, 2.05) is 0 Å². The summed E-state index contributed by atoms with van der Waals surface area (Å²) in [7, 11) is 0. The average molecular weight is 258 g/mol. The smallest absolute Gasteiger partial charge is 0.288 e. The molecular formula is C9H8ClN3O4. The van der Waals surface area contributed by atoms with Crippen molar-refractivity contribution in [3.63, 3.8) is 0 Å². The fourth-order valence-electron chi connectivity index (χ4n) is 1.10. The van der Waals surface area contributed by atoms with E-state index in [4.69, 9.17) is 17.3 Å². The molecule has 0 bridgehead atoms. The third-order valence-corrected chi connectivity index (χ3v) is 2.24. The number of hydrogen-bond donors (Lipinski definition) is 2. The number of amides is 2. The van der Waals surface area contributed by atoms with Crippen LogP contribution in [-0.2, 0) is 4.79 Å². The largest absolute Gasteiger partial charge is 0.368 e. The first-order valence-corrected chi connectivity index (χ1v) is 4.80. The van der Waals surface area contributed by atoms with Crippen LogP contribution >= 0.6 is 11.6 Å². The first-order valence-electron chi connectivity index (χ1n) is 4.43. The lowest BCUT2D eigenvalue weighted by molar-refractivity contribution is -0.384.